The SMILES string of the molecule is O=C([O-])C(F)(F)F.O=C([O-])C(F)(F)F.O=C([O-])C(F)(F)F.O=C([O-])C(F)(F)F.[Ti+4]. The Kier molecular flexibility index (Phi) is 17.9. The summed E-state index contributed by atoms with van der Waals surface area (Å²) in [6, 6.07) is 0. The molecule has 0 bridgehead atoms. The van der Waals surface area contributed by atoms with E-state index in [1.54, 1.807) is 0 Å². The quantitative estimate of drug-likeness (QED) is 0.255. The summed E-state index contributed by atoms with van der Waals surface area (Å²) in [5, 5.41) is 35.1. The summed E-state index contributed by atoms with van der Waals surface area (Å²) in [6.45, 7) is 0. The van der Waals surface area contributed by atoms with Crippen molar-refractivity contribution in [3.8, 4) is 0 Å². The number of hydrogen-bond acceptors (Lipinski definition) is 8. The van der Waals surface area contributed by atoms with Crippen LogP contribution in [0.5, 0.6) is 0 Å². The van der Waals surface area contributed by atoms with Crippen molar-refractivity contribution < 1.29 is 114 Å². The molecule has 0 aromatic carbocycles. The van der Waals surface area contributed by atoms with Crippen LogP contribution in [0.1, 0.15) is 0 Å². The van der Waals surface area contributed by atoms with E-state index < -0.39 is 48.6 Å². The first-order chi connectivity index (χ1) is 11.8. The van der Waals surface area contributed by atoms with Gasteiger partial charge in [-0.25, -0.2) is 0 Å². The summed E-state index contributed by atoms with van der Waals surface area (Å²) in [4.78, 5) is 35.1. The van der Waals surface area contributed by atoms with Gasteiger partial charge in [0.1, 0.15) is 23.9 Å². The molecule has 0 aromatic rings. The van der Waals surface area contributed by atoms with Crippen molar-refractivity contribution in [1.29, 1.82) is 0 Å². The normalized spacial score (nSPS) is 10.9. The summed E-state index contributed by atoms with van der Waals surface area (Å²) in [5.41, 5.74) is 0. The van der Waals surface area contributed by atoms with Gasteiger partial charge in [0.25, 0.3) is 0 Å². The Morgan fingerprint density at radius 2 is 0.414 bits per heavy atom. The van der Waals surface area contributed by atoms with Gasteiger partial charge in [-0.3, -0.25) is 0 Å². The van der Waals surface area contributed by atoms with Gasteiger partial charge in [0, 0.05) is 0 Å². The van der Waals surface area contributed by atoms with Crippen LogP contribution >= 0.6 is 0 Å². The summed E-state index contributed by atoms with van der Waals surface area (Å²) in [6.07, 6.45) is -20.8. The molecule has 21 heteroatoms. The van der Waals surface area contributed by atoms with E-state index >= 15 is 0 Å². The molecule has 0 N–H and O–H groups in total. The summed E-state index contributed by atoms with van der Waals surface area (Å²) in [7, 11) is 0. The van der Waals surface area contributed by atoms with Crippen LogP contribution in [-0.2, 0) is 40.9 Å². The second-order valence-corrected chi connectivity index (χ2v) is 3.14. The third-order valence-electron chi connectivity index (χ3n) is 0.926. The largest absolute Gasteiger partial charge is 4.00 e. The van der Waals surface area contributed by atoms with E-state index in [4.69, 9.17) is 39.6 Å². The molecule has 0 saturated carbocycles. The Morgan fingerprint density at radius 3 is 0.414 bits per heavy atom. The fourth-order valence-electron chi connectivity index (χ4n) is 0. The summed E-state index contributed by atoms with van der Waals surface area (Å²) in [5.74, 6) is -12.0. The van der Waals surface area contributed by atoms with E-state index in [-0.39, 0.29) is 21.7 Å². The number of hydrogen-bond donors (Lipinski definition) is 0. The molecular formula is C8F12O8Ti. The van der Waals surface area contributed by atoms with Gasteiger partial charge in [0.05, 0.1) is 0 Å². The zero-order valence-corrected chi connectivity index (χ0v) is 13.9. The molecule has 0 unspecified atom stereocenters. The number of carbonyl (C=O) groups is 4. The van der Waals surface area contributed by atoms with Gasteiger partial charge in [0.15, 0.2) is 0 Å². The van der Waals surface area contributed by atoms with Crippen molar-refractivity contribution in [2.45, 2.75) is 24.7 Å². The predicted molar refractivity (Wildman–Crippen MR) is 44.2 cm³/mol. The molecule has 0 spiro atoms. The topological polar surface area (TPSA) is 161 Å². The molecule has 0 aliphatic heterocycles. The van der Waals surface area contributed by atoms with Gasteiger partial charge in [-0.05, 0) is 0 Å². The number of rotatable bonds is 0. The van der Waals surface area contributed by atoms with E-state index in [0.29, 0.717) is 0 Å². The molecule has 0 aliphatic rings. The molecule has 0 heterocycles. The maximum atomic E-state index is 10.5. The summed E-state index contributed by atoms with van der Waals surface area (Å²) >= 11 is 0. The first-order valence-corrected chi connectivity index (χ1v) is 4.90. The van der Waals surface area contributed by atoms with Crippen LogP contribution < -0.4 is 20.4 Å². The molecule has 29 heavy (non-hydrogen) atoms. The van der Waals surface area contributed by atoms with Gasteiger partial charge < -0.3 is 39.6 Å². The molecule has 0 saturated heterocycles. The molecule has 0 radical (unpaired) electrons. The van der Waals surface area contributed by atoms with Crippen molar-refractivity contribution in [2.24, 2.45) is 0 Å². The second-order valence-electron chi connectivity index (χ2n) is 3.14. The number of aliphatic carboxylic acids is 4. The standard InChI is InChI=1S/4C2HF3O2.Ti/c4*3-2(4,5)1(6)7;/h4*(H,6,7);/q;;;;+4/p-4. The Morgan fingerprint density at radius 1 is 0.379 bits per heavy atom. The first-order valence-electron chi connectivity index (χ1n) is 4.90. The fraction of sp³-hybridized carbons (Fsp3) is 0.500. The van der Waals surface area contributed by atoms with Crippen molar-refractivity contribution in [3.05, 3.63) is 0 Å². The number of carboxylic acid groups (broad SMARTS) is 4. The van der Waals surface area contributed by atoms with Crippen LogP contribution in [0.4, 0.5) is 52.7 Å². The van der Waals surface area contributed by atoms with E-state index in [1.807, 2.05) is 0 Å². The van der Waals surface area contributed by atoms with Crippen LogP contribution in [-0.4, -0.2) is 48.6 Å². The Balaban J connectivity index is -0.0000000873. The van der Waals surface area contributed by atoms with Gasteiger partial charge in [0.2, 0.25) is 0 Å². The number of carbonyl (C=O) groups excluding carboxylic acids is 4. The Labute approximate surface area is 163 Å². The van der Waals surface area contributed by atoms with Crippen LogP contribution in [0.3, 0.4) is 0 Å². The second kappa shape index (κ2) is 13.9. The third kappa shape index (κ3) is 30.7. The van der Waals surface area contributed by atoms with Gasteiger partial charge in [-0.15, -0.1) is 0 Å². The molecule has 0 aromatic heterocycles. The molecule has 8 nitrogen and oxygen atoms in total. The monoisotopic (exact) mass is 500 g/mol. The molecule has 0 atom stereocenters. The Hall–Kier alpha value is -2.25. The zero-order chi connectivity index (χ0) is 24.3. The van der Waals surface area contributed by atoms with E-state index in [1.165, 1.54) is 0 Å². The summed E-state index contributed by atoms with van der Waals surface area (Å²) < 4.78 is 126. The molecule has 0 aliphatic carbocycles. The number of halogens is 12. The molecule has 0 fully saturated rings. The van der Waals surface area contributed by atoms with E-state index in [9.17, 15) is 52.7 Å². The maximum absolute atomic E-state index is 10.5. The number of carboxylic acids is 4. The smallest absolute Gasteiger partial charge is 0.542 e. The molecule has 168 valence electrons. The average molecular weight is 500 g/mol. The fourth-order valence-corrected chi connectivity index (χ4v) is 0. The van der Waals surface area contributed by atoms with E-state index in [0.717, 1.165) is 0 Å². The van der Waals surface area contributed by atoms with E-state index in [2.05, 4.69) is 0 Å². The van der Waals surface area contributed by atoms with Crippen molar-refractivity contribution in [3.63, 3.8) is 0 Å². The predicted octanol–water partition coefficient (Wildman–Crippen LogP) is -2.81. The Bertz CT molecular complexity index is 436. The molecular weight excluding hydrogens is 500 g/mol. The number of alkyl halides is 12. The van der Waals surface area contributed by atoms with Gasteiger partial charge >= 0.3 is 46.4 Å². The van der Waals surface area contributed by atoms with Gasteiger partial charge in [-0.2, -0.15) is 52.7 Å². The molecule has 0 rings (SSSR count). The van der Waals surface area contributed by atoms with Crippen LogP contribution in [0.2, 0.25) is 0 Å². The van der Waals surface area contributed by atoms with Gasteiger partial charge in [-0.1, -0.05) is 0 Å². The van der Waals surface area contributed by atoms with Crippen LogP contribution in [0.25, 0.3) is 0 Å². The van der Waals surface area contributed by atoms with Crippen LogP contribution in [0.15, 0.2) is 0 Å². The minimum Gasteiger partial charge on any atom is -0.542 e. The minimum absolute atomic E-state index is 0. The molecule has 0 amide bonds. The zero-order valence-electron chi connectivity index (χ0n) is 12.3. The van der Waals surface area contributed by atoms with Crippen LogP contribution in [0, 0.1) is 0 Å². The van der Waals surface area contributed by atoms with Crippen molar-refractivity contribution >= 4 is 23.9 Å². The minimum atomic E-state index is -5.19. The maximum Gasteiger partial charge on any atom is 4.00 e. The third-order valence-corrected chi connectivity index (χ3v) is 0.926. The first kappa shape index (κ1) is 37.5. The van der Waals surface area contributed by atoms with Crippen molar-refractivity contribution in [1.82, 2.24) is 0 Å². The average Bonchev–Trinajstić information content (AvgIpc) is 2.35. The van der Waals surface area contributed by atoms with Crippen molar-refractivity contribution in [2.75, 3.05) is 0 Å².